The summed E-state index contributed by atoms with van der Waals surface area (Å²) < 4.78 is 0. The fourth-order valence-electron chi connectivity index (χ4n) is 2.51. The summed E-state index contributed by atoms with van der Waals surface area (Å²) in [7, 11) is 0. The third-order valence-corrected chi connectivity index (χ3v) is 4.28. The van der Waals surface area contributed by atoms with Gasteiger partial charge in [-0.3, -0.25) is 9.59 Å². The topological polar surface area (TPSA) is 111 Å². The average Bonchev–Trinajstić information content (AvgIpc) is 2.61. The number of phenols is 1. The first-order valence-electron chi connectivity index (χ1n) is 8.53. The van der Waals surface area contributed by atoms with E-state index < -0.39 is 23.2 Å². The number of carbonyl (C=O) groups excluding carboxylic acids is 1. The number of nitrogens with one attached hydrogen (secondary N) is 1. The molecule has 142 valence electrons. The van der Waals surface area contributed by atoms with Gasteiger partial charge in [0.05, 0.1) is 6.10 Å². The molecule has 1 aromatic carbocycles. The van der Waals surface area contributed by atoms with Crippen LogP contribution in [0.2, 0.25) is 0 Å². The fourth-order valence-corrected chi connectivity index (χ4v) is 2.51. The van der Waals surface area contributed by atoms with Gasteiger partial charge < -0.3 is 20.3 Å². The Balaban J connectivity index is 2.36. The van der Waals surface area contributed by atoms with E-state index in [0.717, 1.165) is 5.57 Å². The number of aliphatic hydroxyl groups excluding tert-OH is 1. The summed E-state index contributed by atoms with van der Waals surface area (Å²) in [4.78, 5) is 27.0. The van der Waals surface area contributed by atoms with E-state index in [1.807, 2.05) is 13.0 Å². The smallest absolute Gasteiger partial charge is 0.263 e. The van der Waals surface area contributed by atoms with Gasteiger partial charge in [-0.25, -0.2) is 0 Å². The van der Waals surface area contributed by atoms with Crippen molar-refractivity contribution in [3.8, 4) is 22.6 Å². The zero-order chi connectivity index (χ0) is 20.1. The van der Waals surface area contributed by atoms with Crippen molar-refractivity contribution in [3.63, 3.8) is 0 Å². The van der Waals surface area contributed by atoms with Gasteiger partial charge >= 0.3 is 0 Å². The van der Waals surface area contributed by atoms with Gasteiger partial charge in [0.2, 0.25) is 0 Å². The zero-order valence-corrected chi connectivity index (χ0v) is 15.4. The van der Waals surface area contributed by atoms with Crippen LogP contribution >= 0.6 is 0 Å². The molecule has 27 heavy (non-hydrogen) atoms. The number of aliphatic hydroxyl groups is 1. The number of carbonyl (C=O) groups is 1. The van der Waals surface area contributed by atoms with Crippen molar-refractivity contribution in [2.45, 2.75) is 26.9 Å². The number of rotatable bonds is 6. The van der Waals surface area contributed by atoms with E-state index in [4.69, 9.17) is 0 Å². The summed E-state index contributed by atoms with van der Waals surface area (Å²) in [5, 5.41) is 29.4. The predicted molar refractivity (Wildman–Crippen MR) is 104 cm³/mol. The molecular weight excluding hydrogens is 346 g/mol. The lowest BCUT2D eigenvalue weighted by Crippen LogP contribution is -2.16. The van der Waals surface area contributed by atoms with Crippen molar-refractivity contribution < 1.29 is 20.1 Å². The summed E-state index contributed by atoms with van der Waals surface area (Å²) in [6, 6.07) is 6.02. The molecule has 6 nitrogen and oxygen atoms in total. The number of allylic oxidation sites excluding steroid dienone is 3. The van der Waals surface area contributed by atoms with E-state index >= 15 is 0 Å². The second-order valence-electron chi connectivity index (χ2n) is 6.51. The summed E-state index contributed by atoms with van der Waals surface area (Å²) in [5.41, 5.74) is 0.530. The minimum absolute atomic E-state index is 0.0654. The van der Waals surface area contributed by atoms with Crippen LogP contribution in [0.15, 0.2) is 59.1 Å². The summed E-state index contributed by atoms with van der Waals surface area (Å²) in [5.74, 6) is -1.07. The number of ketones is 1. The zero-order valence-electron chi connectivity index (χ0n) is 15.4. The molecule has 0 fully saturated rings. The van der Waals surface area contributed by atoms with E-state index in [1.54, 1.807) is 26.0 Å². The Bertz CT molecular complexity index is 936. The molecule has 0 radical (unpaired) electrons. The standard InChI is InChI=1S/C21H23NO5/c1-12(10-13(2)14(3)23)4-9-18(25)19-20(26)17(11-22-21(19)27)15-5-7-16(24)8-6-15/h4-11,13-14,23-24H,1-3H3,(H2,22,26,27)/b9-4+,12-10+/t13-,14-/m0/s1. The molecule has 0 unspecified atom stereocenters. The Kier molecular flexibility index (Phi) is 6.36. The lowest BCUT2D eigenvalue weighted by molar-refractivity contribution is 0.104. The van der Waals surface area contributed by atoms with Crippen molar-refractivity contribution in [1.82, 2.24) is 4.98 Å². The Morgan fingerprint density at radius 3 is 2.33 bits per heavy atom. The maximum Gasteiger partial charge on any atom is 0.263 e. The Morgan fingerprint density at radius 1 is 1.11 bits per heavy atom. The monoisotopic (exact) mass is 369 g/mol. The molecule has 4 N–H and O–H groups in total. The van der Waals surface area contributed by atoms with Gasteiger partial charge in [-0.1, -0.05) is 36.8 Å². The molecule has 1 heterocycles. The summed E-state index contributed by atoms with van der Waals surface area (Å²) in [6.45, 7) is 5.30. The molecule has 0 saturated carbocycles. The number of aromatic hydroxyl groups is 2. The van der Waals surface area contributed by atoms with Crippen LogP contribution in [0, 0.1) is 5.92 Å². The predicted octanol–water partition coefficient (Wildman–Crippen LogP) is 3.16. The molecule has 0 aliphatic rings. The molecule has 0 aliphatic heterocycles. The van der Waals surface area contributed by atoms with Crippen LogP contribution in [0.4, 0.5) is 0 Å². The van der Waals surface area contributed by atoms with E-state index in [0.29, 0.717) is 5.56 Å². The number of hydrogen-bond donors (Lipinski definition) is 4. The summed E-state index contributed by atoms with van der Waals surface area (Å²) >= 11 is 0. The lowest BCUT2D eigenvalue weighted by atomic mass is 10.0. The number of pyridine rings is 1. The molecule has 2 atom stereocenters. The van der Waals surface area contributed by atoms with Crippen LogP contribution < -0.4 is 5.56 Å². The third-order valence-electron chi connectivity index (χ3n) is 4.28. The van der Waals surface area contributed by atoms with Crippen LogP contribution in [0.25, 0.3) is 11.1 Å². The summed E-state index contributed by atoms with van der Waals surface area (Å²) in [6.07, 6.45) is 5.36. The maximum absolute atomic E-state index is 12.5. The highest BCUT2D eigenvalue weighted by atomic mass is 16.3. The number of aromatic amines is 1. The van der Waals surface area contributed by atoms with Crippen molar-refractivity contribution in [1.29, 1.82) is 0 Å². The fraction of sp³-hybridized carbons (Fsp3) is 0.238. The first kappa shape index (κ1) is 20.2. The van der Waals surface area contributed by atoms with Crippen LogP contribution in [-0.4, -0.2) is 32.2 Å². The lowest BCUT2D eigenvalue weighted by Gasteiger charge is -2.10. The average molecular weight is 369 g/mol. The van der Waals surface area contributed by atoms with Crippen molar-refractivity contribution >= 4 is 5.78 Å². The van der Waals surface area contributed by atoms with Crippen molar-refractivity contribution in [2.75, 3.05) is 0 Å². The van der Waals surface area contributed by atoms with E-state index in [1.165, 1.54) is 30.5 Å². The molecule has 0 saturated heterocycles. The van der Waals surface area contributed by atoms with Gasteiger partial charge in [0.1, 0.15) is 17.1 Å². The van der Waals surface area contributed by atoms with E-state index in [-0.39, 0.29) is 22.8 Å². The van der Waals surface area contributed by atoms with Gasteiger partial charge in [0, 0.05) is 17.7 Å². The number of hydrogen-bond acceptors (Lipinski definition) is 5. The molecule has 0 spiro atoms. The Hall–Kier alpha value is -3.12. The first-order chi connectivity index (χ1) is 12.7. The number of aromatic nitrogens is 1. The molecule has 2 aromatic rings. The van der Waals surface area contributed by atoms with Gasteiger partial charge in [-0.05, 0) is 37.6 Å². The molecule has 0 bridgehead atoms. The SMILES string of the molecule is CC(/C=C/C(=O)c1c(O)c(-c2ccc(O)cc2)c[nH]c1=O)=C\[C@H](C)[C@H](C)O. The molecule has 0 aliphatic carbocycles. The van der Waals surface area contributed by atoms with Crippen molar-refractivity contribution in [3.05, 3.63) is 70.2 Å². The Labute approximate surface area is 157 Å². The van der Waals surface area contributed by atoms with E-state index in [9.17, 15) is 24.9 Å². The first-order valence-corrected chi connectivity index (χ1v) is 8.53. The van der Waals surface area contributed by atoms with Gasteiger partial charge in [-0.2, -0.15) is 0 Å². The molecular formula is C21H23NO5. The van der Waals surface area contributed by atoms with Gasteiger partial charge in [0.15, 0.2) is 5.78 Å². The highest BCUT2D eigenvalue weighted by molar-refractivity contribution is 6.07. The number of H-pyrrole nitrogens is 1. The van der Waals surface area contributed by atoms with Crippen molar-refractivity contribution in [2.24, 2.45) is 5.92 Å². The van der Waals surface area contributed by atoms with Crippen LogP contribution in [-0.2, 0) is 0 Å². The molecule has 1 aromatic heterocycles. The highest BCUT2D eigenvalue weighted by Crippen LogP contribution is 2.31. The number of benzene rings is 1. The largest absolute Gasteiger partial charge is 0.508 e. The van der Waals surface area contributed by atoms with Gasteiger partial charge in [0.25, 0.3) is 5.56 Å². The third kappa shape index (κ3) is 4.95. The van der Waals surface area contributed by atoms with Crippen LogP contribution in [0.5, 0.6) is 11.5 Å². The normalized spacial score (nSPS) is 14.3. The molecule has 2 rings (SSSR count). The second-order valence-corrected chi connectivity index (χ2v) is 6.51. The molecule has 6 heteroatoms. The Morgan fingerprint density at radius 2 is 1.74 bits per heavy atom. The maximum atomic E-state index is 12.5. The van der Waals surface area contributed by atoms with E-state index in [2.05, 4.69) is 4.98 Å². The van der Waals surface area contributed by atoms with Crippen LogP contribution in [0.1, 0.15) is 31.1 Å². The highest BCUT2D eigenvalue weighted by Gasteiger charge is 2.18. The molecule has 0 amide bonds. The number of phenolic OH excluding ortho intramolecular Hbond substituents is 1. The minimum atomic E-state index is -0.691. The van der Waals surface area contributed by atoms with Gasteiger partial charge in [-0.15, -0.1) is 0 Å². The van der Waals surface area contributed by atoms with Crippen LogP contribution in [0.3, 0.4) is 0 Å². The second kappa shape index (κ2) is 8.51. The minimum Gasteiger partial charge on any atom is -0.508 e. The quantitative estimate of drug-likeness (QED) is 0.355.